The van der Waals surface area contributed by atoms with Crippen molar-refractivity contribution in [2.75, 3.05) is 6.61 Å². The van der Waals surface area contributed by atoms with Crippen LogP contribution in [0.1, 0.15) is 18.4 Å². The zero-order valence-electron chi connectivity index (χ0n) is 6.82. The van der Waals surface area contributed by atoms with Crippen LogP contribution in [0.5, 0.6) is 0 Å². The normalized spacial score (nSPS) is 9.75. The second kappa shape index (κ2) is 5.01. The molecule has 0 unspecified atom stereocenters. The Bertz CT molecular complexity index is 243. The van der Waals surface area contributed by atoms with Crippen LogP contribution in [-0.4, -0.2) is 11.5 Å². The average Bonchev–Trinajstić information content (AvgIpc) is 2.15. The minimum Gasteiger partial charge on any atom is -0.237 e. The summed E-state index contributed by atoms with van der Waals surface area (Å²) in [5, 5.41) is 10.2. The van der Waals surface area contributed by atoms with E-state index >= 15 is 0 Å². The van der Waals surface area contributed by atoms with Crippen molar-refractivity contribution in [3.05, 3.63) is 35.9 Å². The molecule has 0 heterocycles. The zero-order valence-corrected chi connectivity index (χ0v) is 7.64. The minimum absolute atomic E-state index is 0.0347. The van der Waals surface area contributed by atoms with Crippen LogP contribution in [0.4, 0.5) is 0 Å². The quantitative estimate of drug-likeness (QED) is 0.514. The van der Waals surface area contributed by atoms with E-state index in [9.17, 15) is 5.11 Å². The molecule has 0 aliphatic carbocycles. The van der Waals surface area contributed by atoms with E-state index in [1.807, 2.05) is 30.3 Å². The van der Waals surface area contributed by atoms with Crippen LogP contribution in [0.3, 0.4) is 0 Å². The highest BCUT2D eigenvalue weighted by Gasteiger charge is 1.98. The fourth-order valence-corrected chi connectivity index (χ4v) is 1.28. The van der Waals surface area contributed by atoms with Crippen molar-refractivity contribution in [3.8, 4) is 0 Å². The van der Waals surface area contributed by atoms with E-state index in [4.69, 9.17) is 12.2 Å². The highest BCUT2D eigenvalue weighted by molar-refractivity contribution is 7.80. The van der Waals surface area contributed by atoms with Gasteiger partial charge in [-0.15, -0.1) is 0 Å². The lowest BCUT2D eigenvalue weighted by Gasteiger charge is -2.00. The molecule has 12 heavy (non-hydrogen) atoms. The summed E-state index contributed by atoms with van der Waals surface area (Å²) in [5.41, 5.74) is 1.07. The van der Waals surface area contributed by atoms with Gasteiger partial charge in [0.05, 0.1) is 6.61 Å². The van der Waals surface area contributed by atoms with E-state index in [2.05, 4.69) is 0 Å². The standard InChI is InChI=1S/C10H11OS/c11-8-4-7-10(12)9-5-2-1-3-6-9/h1-3,5-6H,4,7-8H2. The summed E-state index contributed by atoms with van der Waals surface area (Å²) in [6, 6.07) is 9.83. The molecular formula is C10H11OS. The molecule has 0 amide bonds. The molecule has 1 radical (unpaired) electrons. The number of hydrogen-bond donors (Lipinski definition) is 0. The number of thiocarbonyl (C=S) groups is 1. The second-order valence-electron chi connectivity index (χ2n) is 2.60. The largest absolute Gasteiger partial charge is 0.237 e. The molecule has 0 atom stereocenters. The van der Waals surface area contributed by atoms with Crippen LogP contribution in [0, 0.1) is 0 Å². The zero-order chi connectivity index (χ0) is 8.81. The molecule has 0 bridgehead atoms. The van der Waals surface area contributed by atoms with E-state index in [0.717, 1.165) is 16.8 Å². The lowest BCUT2D eigenvalue weighted by atomic mass is 10.1. The van der Waals surface area contributed by atoms with Crippen molar-refractivity contribution in [3.63, 3.8) is 0 Å². The summed E-state index contributed by atoms with van der Waals surface area (Å²) in [6.45, 7) is -0.0347. The maximum Gasteiger partial charge on any atom is 0.0825 e. The fraction of sp³-hybridized carbons (Fsp3) is 0.300. The van der Waals surface area contributed by atoms with Crippen LogP contribution < -0.4 is 0 Å². The molecule has 0 aromatic heterocycles. The topological polar surface area (TPSA) is 19.9 Å². The molecule has 0 saturated carbocycles. The summed E-state index contributed by atoms with van der Waals surface area (Å²) in [5.74, 6) is 0. The molecule has 0 aliphatic heterocycles. The molecule has 0 spiro atoms. The maximum absolute atomic E-state index is 10.2. The summed E-state index contributed by atoms with van der Waals surface area (Å²) < 4.78 is 0. The number of rotatable bonds is 4. The van der Waals surface area contributed by atoms with Gasteiger partial charge in [-0.2, -0.15) is 0 Å². The van der Waals surface area contributed by atoms with Crippen LogP contribution >= 0.6 is 12.2 Å². The lowest BCUT2D eigenvalue weighted by Crippen LogP contribution is -1.97. The number of hydrogen-bond acceptors (Lipinski definition) is 1. The molecule has 1 aromatic rings. The molecule has 1 rings (SSSR count). The van der Waals surface area contributed by atoms with Crippen molar-refractivity contribution in [2.45, 2.75) is 12.8 Å². The molecule has 63 valence electrons. The lowest BCUT2D eigenvalue weighted by molar-refractivity contribution is 0.191. The van der Waals surface area contributed by atoms with Crippen LogP contribution in [0.15, 0.2) is 30.3 Å². The predicted octanol–water partition coefficient (Wildman–Crippen LogP) is 2.62. The SMILES string of the molecule is [O]CCCC(=S)c1ccccc1. The monoisotopic (exact) mass is 179 g/mol. The van der Waals surface area contributed by atoms with E-state index in [0.29, 0.717) is 6.42 Å². The Morgan fingerprint density at radius 2 is 1.92 bits per heavy atom. The average molecular weight is 179 g/mol. The van der Waals surface area contributed by atoms with Crippen molar-refractivity contribution in [1.29, 1.82) is 0 Å². The highest BCUT2D eigenvalue weighted by atomic mass is 32.1. The summed E-state index contributed by atoms with van der Waals surface area (Å²) in [7, 11) is 0. The van der Waals surface area contributed by atoms with E-state index in [1.54, 1.807) is 0 Å². The summed E-state index contributed by atoms with van der Waals surface area (Å²) in [6.07, 6.45) is 1.39. The Labute approximate surface area is 78.0 Å². The molecule has 1 nitrogen and oxygen atoms in total. The van der Waals surface area contributed by atoms with E-state index < -0.39 is 0 Å². The fourth-order valence-electron chi connectivity index (χ4n) is 1.00. The third-order valence-electron chi connectivity index (χ3n) is 1.64. The van der Waals surface area contributed by atoms with Gasteiger partial charge in [-0.25, -0.2) is 5.11 Å². The van der Waals surface area contributed by atoms with Gasteiger partial charge in [0, 0.05) is 4.86 Å². The summed E-state index contributed by atoms with van der Waals surface area (Å²) >= 11 is 5.15. The van der Waals surface area contributed by atoms with Crippen molar-refractivity contribution < 1.29 is 5.11 Å². The molecule has 0 N–H and O–H groups in total. The van der Waals surface area contributed by atoms with Gasteiger partial charge in [0.25, 0.3) is 0 Å². The van der Waals surface area contributed by atoms with E-state index in [-0.39, 0.29) is 6.61 Å². The third kappa shape index (κ3) is 2.72. The third-order valence-corrected chi connectivity index (χ3v) is 2.08. The van der Waals surface area contributed by atoms with Gasteiger partial charge < -0.3 is 0 Å². The molecule has 2 heteroatoms. The van der Waals surface area contributed by atoms with Crippen LogP contribution in [0.25, 0.3) is 0 Å². The predicted molar refractivity (Wildman–Crippen MR) is 52.9 cm³/mol. The first kappa shape index (κ1) is 9.36. The molecule has 1 aromatic carbocycles. The Kier molecular flexibility index (Phi) is 3.91. The highest BCUT2D eigenvalue weighted by Crippen LogP contribution is 2.05. The molecule has 0 aliphatic rings. The van der Waals surface area contributed by atoms with Gasteiger partial charge in [0.2, 0.25) is 0 Å². The first-order valence-corrected chi connectivity index (χ1v) is 4.42. The summed E-state index contributed by atoms with van der Waals surface area (Å²) in [4.78, 5) is 0.895. The first-order chi connectivity index (χ1) is 5.84. The van der Waals surface area contributed by atoms with Gasteiger partial charge >= 0.3 is 0 Å². The smallest absolute Gasteiger partial charge is 0.0825 e. The number of benzene rings is 1. The Morgan fingerprint density at radius 3 is 2.50 bits per heavy atom. The second-order valence-corrected chi connectivity index (χ2v) is 3.09. The van der Waals surface area contributed by atoms with Gasteiger partial charge in [-0.05, 0) is 18.4 Å². The molecule has 0 fully saturated rings. The Morgan fingerprint density at radius 1 is 1.25 bits per heavy atom. The van der Waals surface area contributed by atoms with Crippen molar-refractivity contribution in [1.82, 2.24) is 0 Å². The maximum atomic E-state index is 10.2. The van der Waals surface area contributed by atoms with Crippen LogP contribution in [-0.2, 0) is 5.11 Å². The van der Waals surface area contributed by atoms with Gasteiger partial charge in [0.1, 0.15) is 0 Å². The van der Waals surface area contributed by atoms with Gasteiger partial charge in [-0.1, -0.05) is 42.5 Å². The minimum atomic E-state index is -0.0347. The van der Waals surface area contributed by atoms with Gasteiger partial charge in [0.15, 0.2) is 0 Å². The Hall–Kier alpha value is -0.730. The van der Waals surface area contributed by atoms with Crippen molar-refractivity contribution >= 4 is 17.1 Å². The molecule has 0 saturated heterocycles. The van der Waals surface area contributed by atoms with E-state index in [1.165, 1.54) is 0 Å². The molecular weight excluding hydrogens is 168 g/mol. The van der Waals surface area contributed by atoms with Crippen LogP contribution in [0.2, 0.25) is 0 Å². The first-order valence-electron chi connectivity index (χ1n) is 4.01. The van der Waals surface area contributed by atoms with Crippen molar-refractivity contribution in [2.24, 2.45) is 0 Å². The Balaban J connectivity index is 2.54. The van der Waals surface area contributed by atoms with Gasteiger partial charge in [-0.3, -0.25) is 0 Å².